The van der Waals surface area contributed by atoms with Gasteiger partial charge in [0.1, 0.15) is 15.2 Å². The molecule has 3 aromatic rings. The van der Waals surface area contributed by atoms with E-state index in [1.54, 1.807) is 14.2 Å². The topological polar surface area (TPSA) is 57.9 Å². The molecule has 1 saturated heterocycles. The van der Waals surface area contributed by atoms with E-state index in [2.05, 4.69) is 57.8 Å². The van der Waals surface area contributed by atoms with Crippen LogP contribution in [0, 0.1) is 3.70 Å². The van der Waals surface area contributed by atoms with Crippen molar-refractivity contribution in [3.8, 4) is 11.5 Å². The number of hydrogen-bond acceptors (Lipinski definition) is 5. The maximum atomic E-state index is 6.06. The van der Waals surface area contributed by atoms with E-state index >= 15 is 0 Å². The molecule has 0 N–H and O–H groups in total. The van der Waals surface area contributed by atoms with Crippen LogP contribution in [0.15, 0.2) is 35.3 Å². The van der Waals surface area contributed by atoms with Gasteiger partial charge in [-0.2, -0.15) is 5.10 Å². The first kappa shape index (κ1) is 19.5. The zero-order valence-electron chi connectivity index (χ0n) is 17.6. The molecule has 0 radical (unpaired) electrons. The molecule has 3 atom stereocenters. The SMILES string of the molecule is COc1ccc2c(c1)C1(C=N2)CC1c1cc(OC)c2c(I)nn(C3CCCCO3)c2c1. The first-order valence-corrected chi connectivity index (χ1v) is 11.8. The number of hydrogen-bond donors (Lipinski definition) is 0. The van der Waals surface area contributed by atoms with Crippen molar-refractivity contribution in [2.75, 3.05) is 20.8 Å². The third-order valence-electron chi connectivity index (χ3n) is 6.95. The van der Waals surface area contributed by atoms with Gasteiger partial charge in [0, 0.05) is 24.2 Å². The highest BCUT2D eigenvalue weighted by Crippen LogP contribution is 2.64. The van der Waals surface area contributed by atoms with Crippen molar-refractivity contribution in [2.45, 2.75) is 43.2 Å². The van der Waals surface area contributed by atoms with E-state index in [-0.39, 0.29) is 11.6 Å². The van der Waals surface area contributed by atoms with Crippen molar-refractivity contribution in [1.29, 1.82) is 0 Å². The largest absolute Gasteiger partial charge is 0.497 e. The van der Waals surface area contributed by atoms with Crippen LogP contribution in [0.3, 0.4) is 0 Å². The summed E-state index contributed by atoms with van der Waals surface area (Å²) in [6, 6.07) is 10.6. The van der Waals surface area contributed by atoms with Crippen molar-refractivity contribution in [2.24, 2.45) is 4.99 Å². The maximum absolute atomic E-state index is 6.06. The number of rotatable bonds is 4. The second-order valence-corrected chi connectivity index (χ2v) is 9.63. The zero-order chi connectivity index (χ0) is 21.2. The van der Waals surface area contributed by atoms with Crippen LogP contribution in [-0.4, -0.2) is 36.8 Å². The van der Waals surface area contributed by atoms with Gasteiger partial charge in [0.25, 0.3) is 0 Å². The first-order chi connectivity index (χ1) is 15.1. The van der Waals surface area contributed by atoms with E-state index in [1.807, 2.05) is 6.07 Å². The Balaban J connectivity index is 1.45. The molecule has 160 valence electrons. The van der Waals surface area contributed by atoms with Gasteiger partial charge in [-0.15, -0.1) is 0 Å². The summed E-state index contributed by atoms with van der Waals surface area (Å²) >= 11 is 2.31. The van der Waals surface area contributed by atoms with Crippen molar-refractivity contribution < 1.29 is 14.2 Å². The van der Waals surface area contributed by atoms with Gasteiger partial charge >= 0.3 is 0 Å². The second kappa shape index (κ2) is 7.20. The number of nitrogens with zero attached hydrogens (tertiary/aromatic N) is 3. The van der Waals surface area contributed by atoms with Gasteiger partial charge in [0.2, 0.25) is 0 Å². The van der Waals surface area contributed by atoms with Crippen molar-refractivity contribution in [3.63, 3.8) is 0 Å². The minimum Gasteiger partial charge on any atom is -0.497 e. The minimum atomic E-state index is -0.0537. The third kappa shape index (κ3) is 2.92. The molecular formula is C24H24IN3O3. The average molecular weight is 529 g/mol. The lowest BCUT2D eigenvalue weighted by atomic mass is 9.92. The summed E-state index contributed by atoms with van der Waals surface area (Å²) in [7, 11) is 3.45. The molecule has 2 aromatic carbocycles. The molecule has 2 fully saturated rings. The van der Waals surface area contributed by atoms with E-state index in [0.717, 1.165) is 57.7 Å². The van der Waals surface area contributed by atoms with Crippen molar-refractivity contribution in [1.82, 2.24) is 9.78 Å². The Morgan fingerprint density at radius 1 is 1.16 bits per heavy atom. The first-order valence-electron chi connectivity index (χ1n) is 10.8. The van der Waals surface area contributed by atoms with E-state index in [9.17, 15) is 0 Å². The Morgan fingerprint density at radius 3 is 2.84 bits per heavy atom. The Labute approximate surface area is 194 Å². The van der Waals surface area contributed by atoms with Gasteiger partial charge in [0.15, 0.2) is 6.23 Å². The molecule has 1 spiro atoms. The summed E-state index contributed by atoms with van der Waals surface area (Å²) in [5, 5.41) is 5.91. The van der Waals surface area contributed by atoms with E-state index in [0.29, 0.717) is 5.92 Å². The highest BCUT2D eigenvalue weighted by Gasteiger charge is 2.58. The predicted octanol–water partition coefficient (Wildman–Crippen LogP) is 5.50. The van der Waals surface area contributed by atoms with Crippen LogP contribution in [-0.2, 0) is 10.2 Å². The van der Waals surface area contributed by atoms with Crippen LogP contribution in [0.4, 0.5) is 5.69 Å². The van der Waals surface area contributed by atoms with Crippen LogP contribution in [0.2, 0.25) is 0 Å². The molecule has 3 heterocycles. The summed E-state index contributed by atoms with van der Waals surface area (Å²) in [5.41, 5.74) is 4.61. The molecule has 7 heteroatoms. The third-order valence-corrected chi connectivity index (χ3v) is 7.70. The lowest BCUT2D eigenvalue weighted by molar-refractivity contribution is -0.0368. The highest BCUT2D eigenvalue weighted by molar-refractivity contribution is 14.1. The Morgan fingerprint density at radius 2 is 2.06 bits per heavy atom. The summed E-state index contributed by atoms with van der Waals surface area (Å²) in [6.07, 6.45) is 6.44. The van der Waals surface area contributed by atoms with E-state index in [4.69, 9.17) is 24.3 Å². The van der Waals surface area contributed by atoms with Crippen LogP contribution in [0.1, 0.15) is 49.0 Å². The molecule has 6 rings (SSSR count). The number of benzene rings is 2. The molecule has 31 heavy (non-hydrogen) atoms. The van der Waals surface area contributed by atoms with Crippen molar-refractivity contribution in [3.05, 3.63) is 45.2 Å². The van der Waals surface area contributed by atoms with Gasteiger partial charge in [0.05, 0.1) is 30.8 Å². The molecule has 1 aromatic heterocycles. The van der Waals surface area contributed by atoms with Crippen LogP contribution < -0.4 is 9.47 Å². The van der Waals surface area contributed by atoms with Crippen LogP contribution in [0.25, 0.3) is 10.9 Å². The fraction of sp³-hybridized carbons (Fsp3) is 0.417. The minimum absolute atomic E-state index is 0.00841. The van der Waals surface area contributed by atoms with Gasteiger partial charge in [-0.3, -0.25) is 4.99 Å². The lowest BCUT2D eigenvalue weighted by Crippen LogP contribution is -2.19. The van der Waals surface area contributed by atoms with Gasteiger partial charge in [-0.1, -0.05) is 0 Å². The molecule has 3 aliphatic rings. The fourth-order valence-electron chi connectivity index (χ4n) is 5.22. The number of aromatic nitrogens is 2. The molecule has 6 nitrogen and oxygen atoms in total. The predicted molar refractivity (Wildman–Crippen MR) is 128 cm³/mol. The lowest BCUT2D eigenvalue weighted by Gasteiger charge is -2.23. The summed E-state index contributed by atoms with van der Waals surface area (Å²) in [5.74, 6) is 2.11. The molecule has 0 bridgehead atoms. The zero-order valence-corrected chi connectivity index (χ0v) is 19.8. The highest BCUT2D eigenvalue weighted by atomic mass is 127. The summed E-state index contributed by atoms with van der Waals surface area (Å²) in [6.45, 7) is 0.792. The Kier molecular flexibility index (Phi) is 4.54. The smallest absolute Gasteiger partial charge is 0.150 e. The summed E-state index contributed by atoms with van der Waals surface area (Å²) < 4.78 is 20.4. The maximum Gasteiger partial charge on any atom is 0.150 e. The molecule has 1 aliphatic carbocycles. The number of aliphatic imine (C=N–C) groups is 1. The monoisotopic (exact) mass is 529 g/mol. The molecule has 3 unspecified atom stereocenters. The second-order valence-electron chi connectivity index (χ2n) is 8.61. The van der Waals surface area contributed by atoms with Gasteiger partial charge in [-0.25, -0.2) is 4.68 Å². The van der Waals surface area contributed by atoms with Gasteiger partial charge in [-0.05, 0) is 89.7 Å². The van der Waals surface area contributed by atoms with E-state index in [1.165, 1.54) is 17.5 Å². The van der Waals surface area contributed by atoms with Crippen molar-refractivity contribution >= 4 is 45.4 Å². The Bertz CT molecular complexity index is 1210. The van der Waals surface area contributed by atoms with Crippen LogP contribution in [0.5, 0.6) is 11.5 Å². The van der Waals surface area contributed by atoms with Gasteiger partial charge < -0.3 is 14.2 Å². The Hall–Kier alpha value is -2.13. The fourth-order valence-corrected chi connectivity index (χ4v) is 6.00. The number of ether oxygens (including phenoxy) is 3. The number of methoxy groups -OCH3 is 2. The normalized spacial score (nSPS) is 26.4. The standard InChI is InChI=1S/C24H24IN3O3/c1-29-15-6-7-18-16(11-15)24(13-26-18)12-17(24)14-9-19-22(20(10-14)30-2)23(25)27-28(19)21-5-3-4-8-31-21/h6-7,9-11,13,17,21H,3-5,8,12H2,1-2H3. The average Bonchev–Trinajstić information content (AvgIpc) is 3.31. The molecule has 2 aliphatic heterocycles. The summed E-state index contributed by atoms with van der Waals surface area (Å²) in [4.78, 5) is 4.72. The number of fused-ring (bicyclic) bond motifs is 3. The molecular weight excluding hydrogens is 505 g/mol. The quantitative estimate of drug-likeness (QED) is 0.419. The molecule has 1 saturated carbocycles. The van der Waals surface area contributed by atoms with E-state index < -0.39 is 0 Å². The molecule has 0 amide bonds. The number of halogens is 1. The van der Waals surface area contributed by atoms with Crippen LogP contribution >= 0.6 is 22.6 Å².